The number of nitrogens with one attached hydrogen (secondary N) is 2. The topological polar surface area (TPSA) is 79.8 Å². The summed E-state index contributed by atoms with van der Waals surface area (Å²) in [5.41, 5.74) is 4.45. The van der Waals surface area contributed by atoms with Crippen molar-refractivity contribution in [2.45, 2.75) is 6.92 Å². The molecular formula is C22H17Cl2N5O. The Bertz CT molecular complexity index is 1280. The van der Waals surface area contributed by atoms with Gasteiger partial charge in [0.25, 0.3) is 5.91 Å². The minimum Gasteiger partial charge on any atom is -0.357 e. The molecule has 0 fully saturated rings. The third-order valence-corrected chi connectivity index (χ3v) is 5.48. The maximum Gasteiger partial charge on any atom is 0.257 e. The first-order valence-electron chi connectivity index (χ1n) is 9.13. The minimum absolute atomic E-state index is 0.226. The van der Waals surface area contributed by atoms with Gasteiger partial charge < -0.3 is 10.6 Å². The van der Waals surface area contributed by atoms with Gasteiger partial charge in [0.1, 0.15) is 0 Å². The van der Waals surface area contributed by atoms with Crippen molar-refractivity contribution < 1.29 is 4.79 Å². The molecule has 0 saturated carbocycles. The Morgan fingerprint density at radius 2 is 1.87 bits per heavy atom. The third kappa shape index (κ3) is 3.92. The quantitative estimate of drug-likeness (QED) is 0.434. The number of rotatable bonds is 4. The highest BCUT2D eigenvalue weighted by atomic mass is 35.5. The van der Waals surface area contributed by atoms with Crippen molar-refractivity contribution in [3.8, 4) is 11.1 Å². The first-order valence-corrected chi connectivity index (χ1v) is 9.89. The Hall–Kier alpha value is -3.22. The number of fused-ring (bicyclic) bond motifs is 1. The molecule has 1 amide bonds. The summed E-state index contributed by atoms with van der Waals surface area (Å²) in [7, 11) is 1.76. The fourth-order valence-electron chi connectivity index (χ4n) is 3.08. The average Bonchev–Trinajstić information content (AvgIpc) is 2.76. The van der Waals surface area contributed by atoms with Crippen LogP contribution in [0.4, 0.5) is 11.6 Å². The van der Waals surface area contributed by atoms with Gasteiger partial charge in [0.05, 0.1) is 15.6 Å². The van der Waals surface area contributed by atoms with Gasteiger partial charge in [-0.3, -0.25) is 4.79 Å². The summed E-state index contributed by atoms with van der Waals surface area (Å²) in [4.78, 5) is 25.7. The molecule has 0 aliphatic rings. The van der Waals surface area contributed by atoms with E-state index in [4.69, 9.17) is 23.2 Å². The number of carbonyl (C=O) groups is 1. The molecule has 0 radical (unpaired) electrons. The lowest BCUT2D eigenvalue weighted by Gasteiger charge is -2.12. The molecule has 2 aromatic heterocycles. The van der Waals surface area contributed by atoms with Crippen LogP contribution in [0.25, 0.3) is 22.2 Å². The van der Waals surface area contributed by atoms with E-state index in [2.05, 4.69) is 25.6 Å². The van der Waals surface area contributed by atoms with Gasteiger partial charge in [-0.25, -0.2) is 9.97 Å². The molecule has 6 nitrogen and oxygen atoms in total. The van der Waals surface area contributed by atoms with Crippen LogP contribution in [0.2, 0.25) is 10.0 Å². The number of anilines is 2. The maximum absolute atomic E-state index is 12.7. The van der Waals surface area contributed by atoms with Crippen LogP contribution < -0.4 is 10.6 Å². The highest BCUT2D eigenvalue weighted by molar-refractivity contribution is 6.44. The van der Waals surface area contributed by atoms with Crippen LogP contribution in [0, 0.1) is 6.92 Å². The molecule has 4 aromatic rings. The zero-order valence-corrected chi connectivity index (χ0v) is 17.7. The number of hydrogen-bond donors (Lipinski definition) is 2. The largest absolute Gasteiger partial charge is 0.357 e. The molecule has 8 heteroatoms. The summed E-state index contributed by atoms with van der Waals surface area (Å²) in [5.74, 6) is 0.185. The van der Waals surface area contributed by atoms with Crippen molar-refractivity contribution in [1.29, 1.82) is 0 Å². The number of pyridine rings is 1. The van der Waals surface area contributed by atoms with E-state index >= 15 is 0 Å². The number of benzene rings is 2. The molecule has 0 spiro atoms. The van der Waals surface area contributed by atoms with Crippen LogP contribution >= 0.6 is 23.2 Å². The number of aryl methyl sites for hydroxylation is 1. The molecule has 2 aromatic carbocycles. The molecule has 0 saturated heterocycles. The summed E-state index contributed by atoms with van der Waals surface area (Å²) < 4.78 is 0. The molecule has 30 heavy (non-hydrogen) atoms. The average molecular weight is 438 g/mol. The SMILES string of the molecule is CNc1ncc2cc(-c3cc(NC(=O)c4cccc(Cl)c4Cl)ccc3C)cnc2n1. The minimum atomic E-state index is -0.332. The fourth-order valence-corrected chi connectivity index (χ4v) is 3.47. The normalized spacial score (nSPS) is 10.8. The number of aromatic nitrogens is 3. The van der Waals surface area contributed by atoms with Crippen LogP contribution in [0.15, 0.2) is 54.9 Å². The lowest BCUT2D eigenvalue weighted by molar-refractivity contribution is 0.102. The summed E-state index contributed by atoms with van der Waals surface area (Å²) in [6.45, 7) is 2.00. The number of nitrogens with zero attached hydrogens (tertiary/aromatic N) is 3. The molecular weight excluding hydrogens is 421 g/mol. The van der Waals surface area contributed by atoms with Crippen LogP contribution in [0.1, 0.15) is 15.9 Å². The molecule has 4 rings (SSSR count). The molecule has 150 valence electrons. The Labute approximate surface area is 183 Å². The second kappa shape index (κ2) is 8.26. The lowest BCUT2D eigenvalue weighted by Crippen LogP contribution is -2.12. The van der Waals surface area contributed by atoms with Crippen LogP contribution in [0.5, 0.6) is 0 Å². The van der Waals surface area contributed by atoms with E-state index < -0.39 is 0 Å². The molecule has 0 unspecified atom stereocenters. The Balaban J connectivity index is 1.67. The van der Waals surface area contributed by atoms with Gasteiger partial charge in [0.15, 0.2) is 5.65 Å². The van der Waals surface area contributed by atoms with E-state index in [0.29, 0.717) is 27.9 Å². The first kappa shape index (κ1) is 20.1. The Morgan fingerprint density at radius 3 is 2.67 bits per heavy atom. The second-order valence-corrected chi connectivity index (χ2v) is 7.45. The van der Waals surface area contributed by atoms with E-state index in [1.54, 1.807) is 37.6 Å². The van der Waals surface area contributed by atoms with E-state index in [1.807, 2.05) is 31.2 Å². The highest BCUT2D eigenvalue weighted by Gasteiger charge is 2.14. The van der Waals surface area contributed by atoms with Gasteiger partial charge in [-0.05, 0) is 48.4 Å². The number of hydrogen-bond acceptors (Lipinski definition) is 5. The summed E-state index contributed by atoms with van der Waals surface area (Å²) in [5, 5.41) is 7.17. The van der Waals surface area contributed by atoms with Crippen LogP contribution in [-0.2, 0) is 0 Å². The van der Waals surface area contributed by atoms with Crippen LogP contribution in [-0.4, -0.2) is 27.9 Å². The smallest absolute Gasteiger partial charge is 0.257 e. The van der Waals surface area contributed by atoms with Crippen LogP contribution in [0.3, 0.4) is 0 Å². The molecule has 2 N–H and O–H groups in total. The molecule has 0 aliphatic carbocycles. The summed E-state index contributed by atoms with van der Waals surface area (Å²) in [6, 6.07) is 12.6. The monoisotopic (exact) mass is 437 g/mol. The summed E-state index contributed by atoms with van der Waals surface area (Å²) >= 11 is 12.2. The summed E-state index contributed by atoms with van der Waals surface area (Å²) in [6.07, 6.45) is 3.49. The van der Waals surface area contributed by atoms with Crippen molar-refractivity contribution in [2.24, 2.45) is 0 Å². The Kier molecular flexibility index (Phi) is 5.53. The van der Waals surface area contributed by atoms with Gasteiger partial charge in [-0.15, -0.1) is 0 Å². The zero-order valence-electron chi connectivity index (χ0n) is 16.2. The van der Waals surface area contributed by atoms with Crippen molar-refractivity contribution in [3.63, 3.8) is 0 Å². The van der Waals surface area contributed by atoms with Crippen molar-refractivity contribution in [2.75, 3.05) is 17.7 Å². The fraction of sp³-hybridized carbons (Fsp3) is 0.0909. The number of halogens is 2. The lowest BCUT2D eigenvalue weighted by atomic mass is 10.0. The third-order valence-electron chi connectivity index (χ3n) is 4.66. The second-order valence-electron chi connectivity index (χ2n) is 6.67. The van der Waals surface area contributed by atoms with Crippen molar-refractivity contribution in [1.82, 2.24) is 15.0 Å². The van der Waals surface area contributed by atoms with Gasteiger partial charge in [0.2, 0.25) is 5.95 Å². The van der Waals surface area contributed by atoms with Gasteiger partial charge in [0, 0.05) is 36.1 Å². The van der Waals surface area contributed by atoms with Gasteiger partial charge >= 0.3 is 0 Å². The maximum atomic E-state index is 12.7. The van der Waals surface area contributed by atoms with E-state index in [0.717, 1.165) is 22.1 Å². The van der Waals surface area contributed by atoms with E-state index in [1.165, 1.54) is 0 Å². The molecule has 0 aliphatic heterocycles. The first-order chi connectivity index (χ1) is 14.5. The molecule has 2 heterocycles. The van der Waals surface area contributed by atoms with E-state index in [9.17, 15) is 4.79 Å². The van der Waals surface area contributed by atoms with E-state index in [-0.39, 0.29) is 10.9 Å². The van der Waals surface area contributed by atoms with Gasteiger partial charge in [-0.1, -0.05) is 35.3 Å². The highest BCUT2D eigenvalue weighted by Crippen LogP contribution is 2.30. The Morgan fingerprint density at radius 1 is 1.03 bits per heavy atom. The predicted molar refractivity (Wildman–Crippen MR) is 121 cm³/mol. The van der Waals surface area contributed by atoms with Crippen molar-refractivity contribution >= 4 is 51.8 Å². The predicted octanol–water partition coefficient (Wildman–Crippen LogP) is 5.60. The molecule has 0 bridgehead atoms. The standard InChI is InChI=1S/C22H17Cl2N5O/c1-12-6-7-15(28-21(30)16-4-3-5-18(23)19(16)24)9-17(12)13-8-14-11-27-22(25-2)29-20(14)26-10-13/h3-11H,1-2H3,(H,28,30)(H,25,26,27,29). The molecule has 0 atom stereocenters. The zero-order chi connectivity index (χ0) is 21.3. The van der Waals surface area contributed by atoms with Crippen molar-refractivity contribution in [3.05, 3.63) is 76.0 Å². The number of amides is 1. The number of carbonyl (C=O) groups excluding carboxylic acids is 1. The van der Waals surface area contributed by atoms with Gasteiger partial charge in [-0.2, -0.15) is 4.98 Å².